The van der Waals surface area contributed by atoms with Gasteiger partial charge in [-0.25, -0.2) is 9.97 Å². The van der Waals surface area contributed by atoms with Gasteiger partial charge in [0.1, 0.15) is 4.60 Å². The van der Waals surface area contributed by atoms with Crippen molar-refractivity contribution in [2.45, 2.75) is 0 Å². The molecule has 0 N–H and O–H groups in total. The van der Waals surface area contributed by atoms with Crippen LogP contribution in [0, 0.1) is 6.33 Å². The van der Waals surface area contributed by atoms with E-state index in [1.54, 1.807) is 12.3 Å². The van der Waals surface area contributed by atoms with Crippen LogP contribution in [0.3, 0.4) is 0 Å². The van der Waals surface area contributed by atoms with E-state index >= 15 is 0 Å². The van der Waals surface area contributed by atoms with Gasteiger partial charge in [-0.3, -0.25) is 0 Å². The fourth-order valence-corrected chi connectivity index (χ4v) is 0.444. The molecule has 0 aliphatic carbocycles. The highest BCUT2D eigenvalue weighted by Gasteiger charge is 1.77. The molecule has 0 aliphatic heterocycles. The van der Waals surface area contributed by atoms with Crippen LogP contribution in [0.4, 0.5) is 0 Å². The second-order valence-electron chi connectivity index (χ2n) is 0.979. The Morgan fingerprint density at radius 1 is 1.71 bits per heavy atom. The lowest BCUT2D eigenvalue weighted by molar-refractivity contribution is 1.12. The molecular formula is C4H2BrN2. The molecule has 0 bridgehead atoms. The minimum absolute atomic E-state index is 0.766. The van der Waals surface area contributed by atoms with Crippen LogP contribution in [0.2, 0.25) is 0 Å². The third-order valence-corrected chi connectivity index (χ3v) is 0.943. The van der Waals surface area contributed by atoms with Crippen LogP contribution in [-0.4, -0.2) is 9.97 Å². The summed E-state index contributed by atoms with van der Waals surface area (Å²) in [6, 6.07) is 1.75. The van der Waals surface area contributed by atoms with Gasteiger partial charge in [-0.15, -0.1) is 0 Å². The fraction of sp³-hybridized carbons (Fsp3) is 0. The van der Waals surface area contributed by atoms with Crippen molar-refractivity contribution in [3.63, 3.8) is 0 Å². The van der Waals surface area contributed by atoms with Crippen molar-refractivity contribution in [3.8, 4) is 0 Å². The lowest BCUT2D eigenvalue weighted by Crippen LogP contribution is -1.73. The highest BCUT2D eigenvalue weighted by atomic mass is 79.9. The average Bonchev–Trinajstić information content (AvgIpc) is 1.69. The van der Waals surface area contributed by atoms with Crippen molar-refractivity contribution in [1.29, 1.82) is 0 Å². The average molecular weight is 158 g/mol. The Bertz CT molecular complexity index is 140. The summed E-state index contributed by atoms with van der Waals surface area (Å²) in [5.41, 5.74) is 0. The van der Waals surface area contributed by atoms with Crippen molar-refractivity contribution in [2.75, 3.05) is 0 Å². The molecular weight excluding hydrogens is 156 g/mol. The molecule has 0 unspecified atom stereocenters. The Labute approximate surface area is 49.7 Å². The number of aromatic nitrogens is 2. The molecule has 7 heavy (non-hydrogen) atoms. The molecule has 0 fully saturated rings. The molecule has 0 saturated heterocycles. The Hall–Kier alpha value is -0.440. The summed E-state index contributed by atoms with van der Waals surface area (Å²) < 4.78 is 0.766. The zero-order chi connectivity index (χ0) is 5.11. The van der Waals surface area contributed by atoms with Crippen molar-refractivity contribution in [2.24, 2.45) is 0 Å². The fourth-order valence-electron chi connectivity index (χ4n) is 0.246. The highest BCUT2D eigenvalue weighted by molar-refractivity contribution is 9.10. The Kier molecular flexibility index (Phi) is 1.36. The smallest absolute Gasteiger partial charge is 0.198 e. The zero-order valence-electron chi connectivity index (χ0n) is 3.43. The van der Waals surface area contributed by atoms with Gasteiger partial charge in [-0.05, 0) is 22.0 Å². The van der Waals surface area contributed by atoms with Crippen molar-refractivity contribution in [1.82, 2.24) is 9.97 Å². The predicted molar refractivity (Wildman–Crippen MR) is 28.6 cm³/mol. The normalized spacial score (nSPS) is 8.71. The minimum atomic E-state index is 0.766. The van der Waals surface area contributed by atoms with Crippen LogP contribution in [0.25, 0.3) is 0 Å². The van der Waals surface area contributed by atoms with Crippen molar-refractivity contribution in [3.05, 3.63) is 23.2 Å². The molecule has 1 rings (SSSR count). The van der Waals surface area contributed by atoms with E-state index in [1.807, 2.05) is 0 Å². The largest absolute Gasteiger partial charge is 0.234 e. The van der Waals surface area contributed by atoms with Crippen LogP contribution in [0.1, 0.15) is 0 Å². The van der Waals surface area contributed by atoms with E-state index in [-0.39, 0.29) is 0 Å². The van der Waals surface area contributed by atoms with E-state index in [9.17, 15) is 0 Å². The topological polar surface area (TPSA) is 25.8 Å². The Morgan fingerprint density at radius 3 is 2.86 bits per heavy atom. The van der Waals surface area contributed by atoms with Crippen molar-refractivity contribution >= 4 is 15.9 Å². The van der Waals surface area contributed by atoms with Gasteiger partial charge in [0.15, 0.2) is 6.33 Å². The maximum atomic E-state index is 3.66. The summed E-state index contributed by atoms with van der Waals surface area (Å²) in [4.78, 5) is 7.24. The minimum Gasteiger partial charge on any atom is -0.234 e. The first kappa shape index (κ1) is 4.71. The number of hydrogen-bond acceptors (Lipinski definition) is 2. The Morgan fingerprint density at radius 2 is 2.57 bits per heavy atom. The van der Waals surface area contributed by atoms with Crippen LogP contribution in [-0.2, 0) is 0 Å². The number of nitrogens with zero attached hydrogens (tertiary/aromatic N) is 2. The van der Waals surface area contributed by atoms with Crippen LogP contribution >= 0.6 is 15.9 Å². The third-order valence-electron chi connectivity index (χ3n) is 0.501. The molecule has 0 aliphatic rings. The van der Waals surface area contributed by atoms with E-state index in [4.69, 9.17) is 0 Å². The summed E-state index contributed by atoms with van der Waals surface area (Å²) in [5, 5.41) is 0. The monoisotopic (exact) mass is 157 g/mol. The summed E-state index contributed by atoms with van der Waals surface area (Å²) >= 11 is 3.13. The van der Waals surface area contributed by atoms with Gasteiger partial charge in [0.25, 0.3) is 0 Å². The molecule has 3 heteroatoms. The third kappa shape index (κ3) is 1.23. The predicted octanol–water partition coefficient (Wildman–Crippen LogP) is 1.04. The van der Waals surface area contributed by atoms with Gasteiger partial charge in [0.05, 0.1) is 0 Å². The van der Waals surface area contributed by atoms with Crippen LogP contribution in [0.15, 0.2) is 16.9 Å². The lowest BCUT2D eigenvalue weighted by Gasteiger charge is -1.78. The summed E-state index contributed by atoms with van der Waals surface area (Å²) in [7, 11) is 0. The highest BCUT2D eigenvalue weighted by Crippen LogP contribution is 1.98. The SMILES string of the molecule is Brc1ccn[c]n1. The van der Waals surface area contributed by atoms with Gasteiger partial charge < -0.3 is 0 Å². The summed E-state index contributed by atoms with van der Waals surface area (Å²) in [6.07, 6.45) is 4.04. The molecule has 1 radical (unpaired) electrons. The second-order valence-corrected chi connectivity index (χ2v) is 1.79. The summed E-state index contributed by atoms with van der Waals surface area (Å²) in [5.74, 6) is 0. The molecule has 0 atom stereocenters. The molecule has 0 aromatic carbocycles. The first-order valence-electron chi connectivity index (χ1n) is 1.74. The summed E-state index contributed by atoms with van der Waals surface area (Å²) in [6.45, 7) is 0. The van der Waals surface area contributed by atoms with Gasteiger partial charge in [-0.1, -0.05) is 0 Å². The molecule has 35 valence electrons. The zero-order valence-corrected chi connectivity index (χ0v) is 5.01. The first-order valence-corrected chi connectivity index (χ1v) is 2.53. The van der Waals surface area contributed by atoms with Gasteiger partial charge in [0.2, 0.25) is 0 Å². The van der Waals surface area contributed by atoms with Crippen LogP contribution in [0.5, 0.6) is 0 Å². The maximum absolute atomic E-state index is 3.66. The van der Waals surface area contributed by atoms with Gasteiger partial charge in [0, 0.05) is 6.20 Å². The number of hydrogen-bond donors (Lipinski definition) is 0. The molecule has 0 spiro atoms. The molecule has 0 saturated carbocycles. The van der Waals surface area contributed by atoms with Gasteiger partial charge >= 0.3 is 0 Å². The molecule has 1 heterocycles. The lowest BCUT2D eigenvalue weighted by atomic mass is 10.7. The standard InChI is InChI=1S/C4H2BrN2/c5-4-1-2-6-3-7-4/h1-2H. The Balaban J connectivity index is 3.02. The molecule has 2 nitrogen and oxygen atoms in total. The maximum Gasteiger partial charge on any atom is 0.198 e. The molecule has 1 aromatic heterocycles. The van der Waals surface area contributed by atoms with Gasteiger partial charge in [-0.2, -0.15) is 0 Å². The van der Waals surface area contributed by atoms with E-state index in [0.717, 1.165) is 4.60 Å². The van der Waals surface area contributed by atoms with E-state index in [1.165, 1.54) is 0 Å². The number of halogens is 1. The quantitative estimate of drug-likeness (QED) is 0.527. The molecule has 0 amide bonds. The molecule has 1 aromatic rings. The van der Waals surface area contributed by atoms with Crippen molar-refractivity contribution < 1.29 is 0 Å². The van der Waals surface area contributed by atoms with E-state index < -0.39 is 0 Å². The van der Waals surface area contributed by atoms with E-state index in [0.29, 0.717) is 0 Å². The first-order chi connectivity index (χ1) is 3.39. The van der Waals surface area contributed by atoms with E-state index in [2.05, 4.69) is 32.2 Å². The number of rotatable bonds is 0. The van der Waals surface area contributed by atoms with Crippen LogP contribution < -0.4 is 0 Å². The second kappa shape index (κ2) is 2.02.